The van der Waals surface area contributed by atoms with E-state index in [4.69, 9.17) is 10.5 Å². The molecule has 14 heavy (non-hydrogen) atoms. The van der Waals surface area contributed by atoms with Crippen LogP contribution in [0.15, 0.2) is 0 Å². The van der Waals surface area contributed by atoms with Crippen molar-refractivity contribution >= 4 is 6.09 Å². The number of piperidine rings is 1. The van der Waals surface area contributed by atoms with Gasteiger partial charge in [-0.1, -0.05) is 0 Å². The molecule has 5 nitrogen and oxygen atoms in total. The summed E-state index contributed by atoms with van der Waals surface area (Å²) in [5.74, 6) is 0. The highest BCUT2D eigenvalue weighted by Crippen LogP contribution is 2.19. The van der Waals surface area contributed by atoms with Crippen LogP contribution in [0.4, 0.5) is 4.79 Å². The van der Waals surface area contributed by atoms with E-state index in [0.717, 1.165) is 25.9 Å². The number of nitrogens with zero attached hydrogens (tertiary/aromatic N) is 1. The average molecular weight is 199 g/mol. The fourth-order valence-electron chi connectivity index (χ4n) is 2.17. The maximum absolute atomic E-state index is 11.5. The Morgan fingerprint density at radius 3 is 3.14 bits per heavy atom. The third-order valence-corrected chi connectivity index (χ3v) is 2.94. The summed E-state index contributed by atoms with van der Waals surface area (Å²) in [6, 6.07) is 0.347. The minimum absolute atomic E-state index is 0.0763. The van der Waals surface area contributed by atoms with Gasteiger partial charge in [0.05, 0.1) is 6.04 Å². The first-order valence-electron chi connectivity index (χ1n) is 5.19. The number of nitrogens with two attached hydrogens (primary N) is 1. The lowest BCUT2D eigenvalue weighted by molar-refractivity contribution is 0.136. The largest absolute Gasteiger partial charge is 0.447 e. The van der Waals surface area contributed by atoms with Crippen molar-refractivity contribution in [3.63, 3.8) is 0 Å². The third kappa shape index (κ3) is 1.69. The molecule has 0 aromatic rings. The number of hydrogen-bond donors (Lipinski definition) is 2. The van der Waals surface area contributed by atoms with E-state index in [-0.39, 0.29) is 18.2 Å². The first-order valence-corrected chi connectivity index (χ1v) is 5.19. The van der Waals surface area contributed by atoms with Gasteiger partial charge < -0.3 is 15.8 Å². The molecule has 2 rings (SSSR count). The Morgan fingerprint density at radius 1 is 1.64 bits per heavy atom. The number of carbonyl (C=O) groups is 1. The fraction of sp³-hybridized carbons (Fsp3) is 0.889. The van der Waals surface area contributed by atoms with E-state index in [0.29, 0.717) is 13.2 Å². The first kappa shape index (κ1) is 9.73. The quantitative estimate of drug-likeness (QED) is 0.630. The Labute approximate surface area is 83.6 Å². The van der Waals surface area contributed by atoms with Crippen LogP contribution in [0.1, 0.15) is 12.8 Å². The van der Waals surface area contributed by atoms with Crippen molar-refractivity contribution in [2.24, 2.45) is 5.73 Å². The maximum atomic E-state index is 11.5. The van der Waals surface area contributed by atoms with Gasteiger partial charge in [-0.2, -0.15) is 0 Å². The van der Waals surface area contributed by atoms with Gasteiger partial charge in [0.25, 0.3) is 0 Å². The summed E-state index contributed by atoms with van der Waals surface area (Å²) < 4.78 is 5.00. The molecule has 0 aromatic heterocycles. The standard InChI is InChI=1S/C9H17N3O2/c10-4-8-6-14-9(13)12(8)7-2-1-3-11-5-7/h7-8,11H,1-6,10H2. The molecule has 2 fully saturated rings. The highest BCUT2D eigenvalue weighted by molar-refractivity contribution is 5.70. The first-order chi connectivity index (χ1) is 6.83. The smallest absolute Gasteiger partial charge is 0.410 e. The molecule has 0 radical (unpaired) electrons. The number of carbonyl (C=O) groups excluding carboxylic acids is 1. The van der Waals surface area contributed by atoms with E-state index in [1.54, 1.807) is 0 Å². The van der Waals surface area contributed by atoms with E-state index in [1.165, 1.54) is 0 Å². The molecule has 2 unspecified atom stereocenters. The van der Waals surface area contributed by atoms with Crippen molar-refractivity contribution in [1.29, 1.82) is 0 Å². The Bertz CT molecular complexity index is 216. The normalized spacial score (nSPS) is 33.2. The van der Waals surface area contributed by atoms with Crippen LogP contribution in [-0.4, -0.2) is 49.3 Å². The molecular formula is C9H17N3O2. The second kappa shape index (κ2) is 4.14. The van der Waals surface area contributed by atoms with Gasteiger partial charge in [0.2, 0.25) is 0 Å². The summed E-state index contributed by atoms with van der Waals surface area (Å²) in [6.45, 7) is 2.85. The summed E-state index contributed by atoms with van der Waals surface area (Å²) >= 11 is 0. The van der Waals surface area contributed by atoms with Crippen LogP contribution in [0.5, 0.6) is 0 Å². The van der Waals surface area contributed by atoms with Crippen molar-refractivity contribution in [3.05, 3.63) is 0 Å². The minimum atomic E-state index is -0.200. The van der Waals surface area contributed by atoms with Gasteiger partial charge in [-0.05, 0) is 19.4 Å². The monoisotopic (exact) mass is 199 g/mol. The van der Waals surface area contributed by atoms with Gasteiger partial charge >= 0.3 is 6.09 Å². The molecule has 80 valence electrons. The molecule has 2 saturated heterocycles. The van der Waals surface area contributed by atoms with Crippen molar-refractivity contribution in [2.45, 2.75) is 24.9 Å². The second-order valence-corrected chi connectivity index (χ2v) is 3.87. The van der Waals surface area contributed by atoms with Crippen LogP contribution in [0, 0.1) is 0 Å². The van der Waals surface area contributed by atoms with E-state index < -0.39 is 0 Å². The van der Waals surface area contributed by atoms with E-state index in [2.05, 4.69) is 5.32 Å². The van der Waals surface area contributed by atoms with Crippen molar-refractivity contribution < 1.29 is 9.53 Å². The lowest BCUT2D eigenvalue weighted by atomic mass is 10.0. The Balaban J connectivity index is 2.01. The molecule has 0 spiro atoms. The highest BCUT2D eigenvalue weighted by atomic mass is 16.6. The number of nitrogens with one attached hydrogen (secondary N) is 1. The predicted molar refractivity (Wildman–Crippen MR) is 51.9 cm³/mol. The van der Waals surface area contributed by atoms with E-state index >= 15 is 0 Å². The van der Waals surface area contributed by atoms with Gasteiger partial charge in [0, 0.05) is 19.1 Å². The van der Waals surface area contributed by atoms with Gasteiger partial charge in [0.1, 0.15) is 6.61 Å². The number of ether oxygens (including phenoxy) is 1. The lowest BCUT2D eigenvalue weighted by Gasteiger charge is -2.33. The SMILES string of the molecule is NCC1COC(=O)N1C1CCCNC1. The van der Waals surface area contributed by atoms with E-state index in [9.17, 15) is 4.79 Å². The molecule has 2 aliphatic heterocycles. The minimum Gasteiger partial charge on any atom is -0.447 e. The molecule has 3 N–H and O–H groups in total. The van der Waals surface area contributed by atoms with E-state index in [1.807, 2.05) is 4.90 Å². The number of rotatable bonds is 2. The van der Waals surface area contributed by atoms with Crippen LogP contribution < -0.4 is 11.1 Å². The van der Waals surface area contributed by atoms with Gasteiger partial charge in [0.15, 0.2) is 0 Å². The van der Waals surface area contributed by atoms with Crippen LogP contribution in [-0.2, 0) is 4.74 Å². The summed E-state index contributed by atoms with van der Waals surface area (Å²) in [7, 11) is 0. The zero-order chi connectivity index (χ0) is 9.97. The molecule has 0 bridgehead atoms. The Kier molecular flexibility index (Phi) is 2.88. The molecule has 2 aliphatic rings. The molecule has 1 amide bonds. The summed E-state index contributed by atoms with van der Waals surface area (Å²) in [5, 5.41) is 3.29. The summed E-state index contributed by atoms with van der Waals surface area (Å²) in [4.78, 5) is 13.3. The molecular weight excluding hydrogens is 182 g/mol. The zero-order valence-corrected chi connectivity index (χ0v) is 8.24. The highest BCUT2D eigenvalue weighted by Gasteiger charge is 2.37. The van der Waals surface area contributed by atoms with Crippen LogP contribution in [0.25, 0.3) is 0 Å². The Morgan fingerprint density at radius 2 is 2.50 bits per heavy atom. The zero-order valence-electron chi connectivity index (χ0n) is 8.24. The lowest BCUT2D eigenvalue weighted by Crippen LogP contribution is -2.51. The van der Waals surface area contributed by atoms with Gasteiger partial charge in [-0.25, -0.2) is 4.79 Å². The molecule has 0 aliphatic carbocycles. The van der Waals surface area contributed by atoms with Crippen molar-refractivity contribution in [3.8, 4) is 0 Å². The molecule has 0 saturated carbocycles. The number of hydrogen-bond acceptors (Lipinski definition) is 4. The number of cyclic esters (lactones) is 1. The van der Waals surface area contributed by atoms with Crippen molar-refractivity contribution in [1.82, 2.24) is 10.2 Å². The second-order valence-electron chi connectivity index (χ2n) is 3.87. The summed E-state index contributed by atoms with van der Waals surface area (Å²) in [5.41, 5.74) is 5.60. The van der Waals surface area contributed by atoms with Crippen molar-refractivity contribution in [2.75, 3.05) is 26.2 Å². The maximum Gasteiger partial charge on any atom is 0.410 e. The van der Waals surface area contributed by atoms with Crippen LogP contribution in [0.2, 0.25) is 0 Å². The fourth-order valence-corrected chi connectivity index (χ4v) is 2.17. The Hall–Kier alpha value is -0.810. The molecule has 0 aromatic carbocycles. The number of amides is 1. The third-order valence-electron chi connectivity index (χ3n) is 2.94. The molecule has 2 atom stereocenters. The van der Waals surface area contributed by atoms with Crippen LogP contribution >= 0.6 is 0 Å². The van der Waals surface area contributed by atoms with Gasteiger partial charge in [-0.15, -0.1) is 0 Å². The topological polar surface area (TPSA) is 67.6 Å². The summed E-state index contributed by atoms with van der Waals surface area (Å²) in [6.07, 6.45) is 1.97. The predicted octanol–water partition coefficient (Wildman–Crippen LogP) is -0.482. The van der Waals surface area contributed by atoms with Crippen LogP contribution in [0.3, 0.4) is 0 Å². The molecule has 2 heterocycles. The van der Waals surface area contributed by atoms with Gasteiger partial charge in [-0.3, -0.25) is 4.90 Å². The average Bonchev–Trinajstić information content (AvgIpc) is 2.61. The molecule has 5 heteroatoms.